The maximum absolute atomic E-state index is 14.9. The average molecular weight is 646 g/mol. The summed E-state index contributed by atoms with van der Waals surface area (Å²) in [6.07, 6.45) is 3.89. The van der Waals surface area contributed by atoms with Crippen LogP contribution in [-0.4, -0.2) is 48.7 Å². The van der Waals surface area contributed by atoms with Crippen molar-refractivity contribution in [3.05, 3.63) is 131 Å². The molecule has 242 valence electrons. The molecular weight excluding hydrogens is 612 g/mol. The molecule has 8 nitrogen and oxygen atoms in total. The number of aromatic hydroxyl groups is 1. The summed E-state index contributed by atoms with van der Waals surface area (Å²) in [6.45, 7) is 1.30. The van der Waals surface area contributed by atoms with Gasteiger partial charge < -0.3 is 19.1 Å². The fraction of sp³-hybridized carbons (Fsp3) is 0.184. The van der Waals surface area contributed by atoms with Gasteiger partial charge in [0.15, 0.2) is 0 Å². The van der Waals surface area contributed by atoms with Crippen LogP contribution < -0.4 is 4.90 Å². The van der Waals surface area contributed by atoms with Crippen LogP contribution in [0.5, 0.6) is 5.75 Å². The summed E-state index contributed by atoms with van der Waals surface area (Å²) in [4.78, 5) is 36.3. The first-order valence-electron chi connectivity index (χ1n) is 15.6. The number of halogens is 2. The number of aromatic nitrogens is 3. The number of nitrogens with zero attached hydrogens (tertiary/aromatic N) is 5. The van der Waals surface area contributed by atoms with Crippen LogP contribution in [0.25, 0.3) is 22.3 Å². The average Bonchev–Trinajstić information content (AvgIpc) is 3.62. The van der Waals surface area contributed by atoms with E-state index in [1.807, 2.05) is 54.2 Å². The van der Waals surface area contributed by atoms with Gasteiger partial charge in [-0.2, -0.15) is 0 Å². The van der Waals surface area contributed by atoms with E-state index >= 15 is 0 Å². The highest BCUT2D eigenvalue weighted by Gasteiger charge is 2.33. The van der Waals surface area contributed by atoms with Crippen molar-refractivity contribution in [3.8, 4) is 17.0 Å². The Hall–Kier alpha value is -5.77. The number of carbonyl (C=O) groups excluding carboxylic acids is 2. The number of hydrogen-bond donors (Lipinski definition) is 1. The molecule has 6 aromatic rings. The summed E-state index contributed by atoms with van der Waals surface area (Å²) in [6, 6.07) is 22.7. The second kappa shape index (κ2) is 12.1. The third-order valence-corrected chi connectivity index (χ3v) is 9.31. The molecule has 48 heavy (non-hydrogen) atoms. The molecule has 0 aliphatic carbocycles. The molecule has 4 heterocycles. The van der Waals surface area contributed by atoms with Gasteiger partial charge in [0, 0.05) is 60.4 Å². The predicted molar refractivity (Wildman–Crippen MR) is 181 cm³/mol. The Labute approximate surface area is 276 Å². The van der Waals surface area contributed by atoms with Crippen LogP contribution in [-0.2, 0) is 27.1 Å². The van der Waals surface area contributed by atoms with Gasteiger partial charge in [-0.05, 0) is 85.1 Å². The second-order valence-electron chi connectivity index (χ2n) is 12.2. The van der Waals surface area contributed by atoms with Crippen LogP contribution in [0, 0.1) is 12.7 Å². The zero-order chi connectivity index (χ0) is 33.7. The maximum Gasteiger partial charge on any atom is 0.264 e. The van der Waals surface area contributed by atoms with Gasteiger partial charge in [0.2, 0.25) is 0 Å². The van der Waals surface area contributed by atoms with Gasteiger partial charge in [-0.1, -0.05) is 24.3 Å². The first kappa shape index (κ1) is 30.9. The van der Waals surface area contributed by atoms with E-state index in [2.05, 4.69) is 4.98 Å². The standard InChI is InChI=1S/C38H33F2N5O3/c1-23-33(38(48)45(28-9-11-31(46)12-10-28)30-17-25-14-15-42(2)36(25)41-21-30)19-35(43(23)3)34-18-27(40)8-13-32(34)37(47)44-22-26-7-5-4-6-24(26)16-29(44)20-39/h4-15,17-19,21,29,46H,16,20,22H2,1-3H3/t29-/m0/s1. The lowest BCUT2D eigenvalue weighted by Gasteiger charge is -2.36. The molecule has 0 saturated carbocycles. The number of carbonyl (C=O) groups is 2. The lowest BCUT2D eigenvalue weighted by molar-refractivity contribution is 0.0606. The van der Waals surface area contributed by atoms with Crippen LogP contribution in [0.4, 0.5) is 20.2 Å². The van der Waals surface area contributed by atoms with Gasteiger partial charge in [-0.25, -0.2) is 13.8 Å². The molecule has 1 N–H and O–H groups in total. The van der Waals surface area contributed by atoms with Crippen LogP contribution in [0.15, 0.2) is 97.3 Å². The quantitative estimate of drug-likeness (QED) is 0.207. The highest BCUT2D eigenvalue weighted by atomic mass is 19.1. The Balaban J connectivity index is 1.31. The third kappa shape index (κ3) is 5.29. The van der Waals surface area contributed by atoms with E-state index in [4.69, 9.17) is 0 Å². The van der Waals surface area contributed by atoms with Crippen molar-refractivity contribution >= 4 is 34.2 Å². The normalized spacial score (nSPS) is 14.3. The van der Waals surface area contributed by atoms with E-state index in [0.717, 1.165) is 22.2 Å². The van der Waals surface area contributed by atoms with Crippen molar-refractivity contribution in [2.45, 2.75) is 25.9 Å². The van der Waals surface area contributed by atoms with Crippen molar-refractivity contribution < 1.29 is 23.5 Å². The lowest BCUT2D eigenvalue weighted by atomic mass is 9.93. The Morgan fingerprint density at radius 3 is 2.44 bits per heavy atom. The lowest BCUT2D eigenvalue weighted by Crippen LogP contribution is -2.45. The SMILES string of the molecule is Cc1c(C(=O)N(c2ccc(O)cc2)c2cnc3c(ccn3C)c2)cc(-c2cc(F)ccc2C(=O)N2Cc3ccccc3C[C@H]2CF)n1C. The molecule has 0 bridgehead atoms. The fourth-order valence-corrected chi connectivity index (χ4v) is 6.58. The highest BCUT2D eigenvalue weighted by Crippen LogP contribution is 2.36. The summed E-state index contributed by atoms with van der Waals surface area (Å²) in [5.41, 5.74) is 5.59. The fourth-order valence-electron chi connectivity index (χ4n) is 6.58. The van der Waals surface area contributed by atoms with E-state index < -0.39 is 24.4 Å². The number of pyridine rings is 1. The number of amides is 2. The van der Waals surface area contributed by atoms with Gasteiger partial charge in [-0.15, -0.1) is 0 Å². The van der Waals surface area contributed by atoms with E-state index in [1.165, 1.54) is 40.1 Å². The molecule has 0 spiro atoms. The number of phenolic OH excluding ortho intramolecular Hbond substituents is 1. The van der Waals surface area contributed by atoms with Crippen molar-refractivity contribution in [2.24, 2.45) is 14.1 Å². The molecule has 0 radical (unpaired) electrons. The van der Waals surface area contributed by atoms with Gasteiger partial charge in [-0.3, -0.25) is 14.5 Å². The molecule has 3 aromatic carbocycles. The first-order chi connectivity index (χ1) is 23.1. The van der Waals surface area contributed by atoms with Crippen LogP contribution in [0.3, 0.4) is 0 Å². The summed E-state index contributed by atoms with van der Waals surface area (Å²) in [7, 11) is 3.64. The second-order valence-corrected chi connectivity index (χ2v) is 12.2. The number of phenols is 1. The molecule has 2 amide bonds. The first-order valence-corrected chi connectivity index (χ1v) is 15.6. The Morgan fingerprint density at radius 1 is 0.938 bits per heavy atom. The molecule has 1 aliphatic heterocycles. The molecular formula is C38H33F2N5O3. The Morgan fingerprint density at radius 2 is 1.69 bits per heavy atom. The van der Waals surface area contributed by atoms with Crippen LogP contribution >= 0.6 is 0 Å². The number of aryl methyl sites for hydroxylation is 1. The Bertz CT molecular complexity index is 2200. The van der Waals surface area contributed by atoms with Gasteiger partial charge in [0.25, 0.3) is 11.8 Å². The molecule has 0 unspecified atom stereocenters. The number of benzene rings is 3. The van der Waals surface area contributed by atoms with Crippen molar-refractivity contribution in [3.63, 3.8) is 0 Å². The smallest absolute Gasteiger partial charge is 0.264 e. The highest BCUT2D eigenvalue weighted by molar-refractivity contribution is 6.13. The molecule has 7 rings (SSSR count). The van der Waals surface area contributed by atoms with Gasteiger partial charge >= 0.3 is 0 Å². The molecule has 1 atom stereocenters. The number of anilines is 2. The van der Waals surface area contributed by atoms with E-state index in [9.17, 15) is 23.5 Å². The third-order valence-electron chi connectivity index (χ3n) is 9.31. The van der Waals surface area contributed by atoms with Crippen molar-refractivity contribution in [1.82, 2.24) is 19.0 Å². The van der Waals surface area contributed by atoms with Crippen molar-refractivity contribution in [1.29, 1.82) is 0 Å². The molecule has 0 fully saturated rings. The minimum absolute atomic E-state index is 0.0523. The summed E-state index contributed by atoms with van der Waals surface area (Å²) < 4.78 is 32.9. The predicted octanol–water partition coefficient (Wildman–Crippen LogP) is 7.25. The van der Waals surface area contributed by atoms with E-state index in [0.29, 0.717) is 40.3 Å². The minimum Gasteiger partial charge on any atom is -0.508 e. The topological polar surface area (TPSA) is 83.6 Å². The number of alkyl halides is 1. The Kier molecular flexibility index (Phi) is 7.79. The molecule has 10 heteroatoms. The van der Waals surface area contributed by atoms with Crippen LogP contribution in [0.1, 0.15) is 37.5 Å². The molecule has 1 aliphatic rings. The number of fused-ring (bicyclic) bond motifs is 2. The zero-order valence-corrected chi connectivity index (χ0v) is 26.7. The van der Waals surface area contributed by atoms with Gasteiger partial charge in [0.05, 0.1) is 23.5 Å². The monoisotopic (exact) mass is 645 g/mol. The summed E-state index contributed by atoms with van der Waals surface area (Å²) in [5.74, 6) is -1.29. The largest absolute Gasteiger partial charge is 0.508 e. The number of rotatable bonds is 6. The summed E-state index contributed by atoms with van der Waals surface area (Å²) in [5, 5.41) is 10.8. The number of hydrogen-bond acceptors (Lipinski definition) is 4. The molecule has 0 saturated heterocycles. The van der Waals surface area contributed by atoms with Gasteiger partial charge in [0.1, 0.15) is 23.9 Å². The minimum atomic E-state index is -0.713. The summed E-state index contributed by atoms with van der Waals surface area (Å²) >= 11 is 0. The van der Waals surface area contributed by atoms with Crippen LogP contribution in [0.2, 0.25) is 0 Å². The van der Waals surface area contributed by atoms with E-state index in [1.54, 1.807) is 42.9 Å². The van der Waals surface area contributed by atoms with Crippen molar-refractivity contribution in [2.75, 3.05) is 11.6 Å². The zero-order valence-electron chi connectivity index (χ0n) is 26.7. The maximum atomic E-state index is 14.9. The molecule has 3 aromatic heterocycles. The van der Waals surface area contributed by atoms with E-state index in [-0.39, 0.29) is 23.8 Å².